The molecule has 33 heavy (non-hydrogen) atoms. The Morgan fingerprint density at radius 3 is 2.39 bits per heavy atom. The van der Waals surface area contributed by atoms with Crippen LogP contribution in [0.2, 0.25) is 0 Å². The molecule has 0 bridgehead atoms. The Labute approximate surface area is 194 Å². The molecule has 0 aliphatic rings. The number of carbonyl (C=O) groups excluding carboxylic acids is 1. The molecule has 0 fully saturated rings. The fourth-order valence-electron chi connectivity index (χ4n) is 3.58. The monoisotopic (exact) mass is 440 g/mol. The number of amides is 1. The normalized spacial score (nSPS) is 12.0. The molecule has 1 N–H and O–H groups in total. The van der Waals surface area contributed by atoms with E-state index in [1.807, 2.05) is 74.5 Å². The fourth-order valence-corrected chi connectivity index (χ4v) is 3.58. The van der Waals surface area contributed by atoms with Gasteiger partial charge in [-0.05, 0) is 25.0 Å². The van der Waals surface area contributed by atoms with Crippen LogP contribution < -0.4 is 5.32 Å². The number of aryl methyl sites for hydroxylation is 1. The van der Waals surface area contributed by atoms with Crippen molar-refractivity contribution in [2.45, 2.75) is 46.1 Å². The molecule has 2 aromatic heterocycles. The molecule has 0 saturated heterocycles. The van der Waals surface area contributed by atoms with Gasteiger partial charge in [-0.1, -0.05) is 73.6 Å². The van der Waals surface area contributed by atoms with Crippen LogP contribution in [-0.4, -0.2) is 21.0 Å². The zero-order valence-electron chi connectivity index (χ0n) is 19.4. The van der Waals surface area contributed by atoms with Crippen molar-refractivity contribution in [3.63, 3.8) is 0 Å². The topological polar surface area (TPSA) is 80.9 Å². The molecule has 0 aliphatic heterocycles. The van der Waals surface area contributed by atoms with Crippen molar-refractivity contribution in [3.05, 3.63) is 89.5 Å². The van der Waals surface area contributed by atoms with Crippen molar-refractivity contribution in [1.29, 1.82) is 0 Å². The summed E-state index contributed by atoms with van der Waals surface area (Å²) in [7, 11) is 0. The van der Waals surface area contributed by atoms with Gasteiger partial charge in [0.2, 0.25) is 5.91 Å². The SMILES string of the molecule is Cc1cc(-c2cnc(C(C)C)nc2-c2ccc(CNC(=O)[C@H](C)c3ccccc3)cc2)on1. The Balaban J connectivity index is 1.53. The standard InChI is InChI=1S/C27H28N4O2/c1-17(2)26-28-16-23(24-14-18(3)31-33-24)25(30-26)22-12-10-20(11-13-22)15-29-27(32)19(4)21-8-6-5-7-9-21/h5-14,16-17,19H,15H2,1-4H3,(H,29,32)/t19-/m1/s1. The summed E-state index contributed by atoms with van der Waals surface area (Å²) in [5.74, 6) is 1.43. The summed E-state index contributed by atoms with van der Waals surface area (Å²) >= 11 is 0. The Bertz CT molecular complexity index is 1230. The number of rotatable bonds is 7. The maximum absolute atomic E-state index is 12.6. The van der Waals surface area contributed by atoms with E-state index in [1.165, 1.54) is 0 Å². The fraction of sp³-hybridized carbons (Fsp3) is 0.259. The summed E-state index contributed by atoms with van der Waals surface area (Å²) in [4.78, 5) is 21.9. The maximum Gasteiger partial charge on any atom is 0.227 e. The number of carbonyl (C=O) groups is 1. The molecule has 1 amide bonds. The van der Waals surface area contributed by atoms with E-state index < -0.39 is 0 Å². The number of nitrogens with one attached hydrogen (secondary N) is 1. The quantitative estimate of drug-likeness (QED) is 0.402. The lowest BCUT2D eigenvalue weighted by Crippen LogP contribution is -2.27. The molecule has 2 aromatic carbocycles. The summed E-state index contributed by atoms with van der Waals surface area (Å²) in [5, 5.41) is 7.04. The van der Waals surface area contributed by atoms with Gasteiger partial charge in [0.05, 0.1) is 22.9 Å². The average Bonchev–Trinajstić information content (AvgIpc) is 3.28. The van der Waals surface area contributed by atoms with Gasteiger partial charge in [-0.15, -0.1) is 0 Å². The van der Waals surface area contributed by atoms with Crippen molar-refractivity contribution in [2.24, 2.45) is 0 Å². The summed E-state index contributed by atoms with van der Waals surface area (Å²) in [5.41, 5.74) is 5.39. The van der Waals surface area contributed by atoms with E-state index >= 15 is 0 Å². The van der Waals surface area contributed by atoms with Crippen molar-refractivity contribution in [2.75, 3.05) is 0 Å². The number of nitrogens with zero attached hydrogens (tertiary/aromatic N) is 3. The summed E-state index contributed by atoms with van der Waals surface area (Å²) in [6, 6.07) is 19.7. The van der Waals surface area contributed by atoms with Crippen LogP contribution in [0.1, 0.15) is 55.3 Å². The maximum atomic E-state index is 12.6. The highest BCUT2D eigenvalue weighted by atomic mass is 16.5. The Morgan fingerprint density at radius 2 is 1.76 bits per heavy atom. The zero-order valence-corrected chi connectivity index (χ0v) is 19.4. The Hall–Kier alpha value is -3.80. The second-order valence-corrected chi connectivity index (χ2v) is 8.52. The smallest absolute Gasteiger partial charge is 0.227 e. The number of hydrogen-bond donors (Lipinski definition) is 1. The van der Waals surface area contributed by atoms with Gasteiger partial charge in [0, 0.05) is 30.3 Å². The zero-order chi connectivity index (χ0) is 23.4. The molecule has 0 saturated carbocycles. The number of hydrogen-bond acceptors (Lipinski definition) is 5. The number of benzene rings is 2. The molecule has 168 valence electrons. The second-order valence-electron chi connectivity index (χ2n) is 8.52. The van der Waals surface area contributed by atoms with Gasteiger partial charge in [-0.2, -0.15) is 0 Å². The summed E-state index contributed by atoms with van der Waals surface area (Å²) in [6.07, 6.45) is 1.80. The molecular weight excluding hydrogens is 412 g/mol. The van der Waals surface area contributed by atoms with Gasteiger partial charge in [-0.3, -0.25) is 4.79 Å². The first kappa shape index (κ1) is 22.4. The van der Waals surface area contributed by atoms with Crippen molar-refractivity contribution >= 4 is 5.91 Å². The van der Waals surface area contributed by atoms with Gasteiger partial charge in [0.1, 0.15) is 5.82 Å². The van der Waals surface area contributed by atoms with E-state index in [-0.39, 0.29) is 17.7 Å². The second kappa shape index (κ2) is 9.77. The average molecular weight is 441 g/mol. The van der Waals surface area contributed by atoms with Crippen LogP contribution in [0.4, 0.5) is 0 Å². The van der Waals surface area contributed by atoms with E-state index in [4.69, 9.17) is 9.51 Å². The Morgan fingerprint density at radius 1 is 1.03 bits per heavy atom. The predicted molar refractivity (Wildman–Crippen MR) is 128 cm³/mol. The van der Waals surface area contributed by atoms with E-state index in [2.05, 4.69) is 29.3 Å². The van der Waals surface area contributed by atoms with Crippen LogP contribution in [0, 0.1) is 6.92 Å². The Kier molecular flexibility index (Phi) is 6.63. The summed E-state index contributed by atoms with van der Waals surface area (Å²) < 4.78 is 5.48. The highest BCUT2D eigenvalue weighted by molar-refractivity contribution is 5.83. The molecule has 0 radical (unpaired) electrons. The minimum Gasteiger partial charge on any atom is -0.356 e. The largest absolute Gasteiger partial charge is 0.356 e. The minimum atomic E-state index is -0.200. The predicted octanol–water partition coefficient (Wildman–Crippen LogP) is 5.65. The van der Waals surface area contributed by atoms with E-state index in [0.717, 1.165) is 39.5 Å². The highest BCUT2D eigenvalue weighted by Gasteiger charge is 2.17. The van der Waals surface area contributed by atoms with Gasteiger partial charge in [0.25, 0.3) is 0 Å². The lowest BCUT2D eigenvalue weighted by atomic mass is 10.00. The first-order valence-electron chi connectivity index (χ1n) is 11.1. The molecule has 0 aliphatic carbocycles. The molecule has 2 heterocycles. The van der Waals surface area contributed by atoms with Crippen molar-refractivity contribution in [1.82, 2.24) is 20.4 Å². The van der Waals surface area contributed by atoms with Gasteiger partial charge in [-0.25, -0.2) is 9.97 Å². The van der Waals surface area contributed by atoms with E-state index in [1.54, 1.807) is 6.20 Å². The van der Waals surface area contributed by atoms with Gasteiger partial charge in [0.15, 0.2) is 5.76 Å². The van der Waals surface area contributed by atoms with Crippen molar-refractivity contribution < 1.29 is 9.32 Å². The molecule has 6 heteroatoms. The molecule has 4 aromatic rings. The van der Waals surface area contributed by atoms with Crippen LogP contribution >= 0.6 is 0 Å². The minimum absolute atomic E-state index is 0.00521. The molecule has 0 spiro atoms. The third-order valence-corrected chi connectivity index (χ3v) is 5.60. The lowest BCUT2D eigenvalue weighted by molar-refractivity contribution is -0.122. The molecule has 6 nitrogen and oxygen atoms in total. The summed E-state index contributed by atoms with van der Waals surface area (Å²) in [6.45, 7) is 8.41. The van der Waals surface area contributed by atoms with Crippen LogP contribution in [0.25, 0.3) is 22.6 Å². The highest BCUT2D eigenvalue weighted by Crippen LogP contribution is 2.31. The molecule has 4 rings (SSSR count). The van der Waals surface area contributed by atoms with E-state index in [0.29, 0.717) is 12.3 Å². The van der Waals surface area contributed by atoms with Gasteiger partial charge >= 0.3 is 0 Å². The van der Waals surface area contributed by atoms with Crippen LogP contribution in [-0.2, 0) is 11.3 Å². The first-order valence-corrected chi connectivity index (χ1v) is 11.1. The van der Waals surface area contributed by atoms with Crippen LogP contribution in [0.15, 0.2) is 71.4 Å². The third kappa shape index (κ3) is 5.17. The van der Waals surface area contributed by atoms with Crippen molar-refractivity contribution in [3.8, 4) is 22.6 Å². The molecule has 1 atom stereocenters. The van der Waals surface area contributed by atoms with Gasteiger partial charge < -0.3 is 9.84 Å². The van der Waals surface area contributed by atoms with Crippen LogP contribution in [0.5, 0.6) is 0 Å². The number of aromatic nitrogens is 3. The molecule has 0 unspecified atom stereocenters. The van der Waals surface area contributed by atoms with Crippen LogP contribution in [0.3, 0.4) is 0 Å². The first-order chi connectivity index (χ1) is 15.9. The lowest BCUT2D eigenvalue weighted by Gasteiger charge is -2.13. The third-order valence-electron chi connectivity index (χ3n) is 5.60. The molecular formula is C27H28N4O2. The van der Waals surface area contributed by atoms with E-state index in [9.17, 15) is 4.79 Å².